The van der Waals surface area contributed by atoms with E-state index in [1.807, 2.05) is 0 Å². The molecule has 0 bridgehead atoms. The maximum Gasteiger partial charge on any atom is 0.389 e. The molecule has 0 radical (unpaired) electrons. The number of carboxylic acids is 1. The molecular formula is C10H11F3N2O2. The van der Waals surface area contributed by atoms with Crippen molar-refractivity contribution in [2.45, 2.75) is 32.4 Å². The smallest absolute Gasteiger partial charge is 0.389 e. The van der Waals surface area contributed by atoms with Gasteiger partial charge in [-0.25, -0.2) is 14.8 Å². The molecule has 0 aromatic carbocycles. The predicted molar refractivity (Wildman–Crippen MR) is 52.7 cm³/mol. The summed E-state index contributed by atoms with van der Waals surface area (Å²) in [6.45, 7) is 1.68. The van der Waals surface area contributed by atoms with Crippen molar-refractivity contribution in [2.24, 2.45) is 0 Å². The van der Waals surface area contributed by atoms with Crippen LogP contribution in [0.2, 0.25) is 0 Å². The van der Waals surface area contributed by atoms with E-state index in [2.05, 4.69) is 9.97 Å². The molecule has 0 aliphatic heterocycles. The van der Waals surface area contributed by atoms with E-state index >= 15 is 0 Å². The van der Waals surface area contributed by atoms with Gasteiger partial charge in [0.15, 0.2) is 0 Å². The lowest BCUT2D eigenvalue weighted by Crippen LogP contribution is -2.12. The van der Waals surface area contributed by atoms with Crippen LogP contribution in [-0.4, -0.2) is 27.2 Å². The monoisotopic (exact) mass is 248 g/mol. The molecule has 0 aliphatic rings. The van der Waals surface area contributed by atoms with Crippen LogP contribution < -0.4 is 0 Å². The molecule has 7 heteroatoms. The van der Waals surface area contributed by atoms with Gasteiger partial charge in [-0.2, -0.15) is 13.2 Å². The molecule has 1 aromatic rings. The Kier molecular flexibility index (Phi) is 4.03. The highest BCUT2D eigenvalue weighted by atomic mass is 19.4. The first-order valence-electron chi connectivity index (χ1n) is 4.98. The first-order valence-corrected chi connectivity index (χ1v) is 4.98. The Bertz CT molecular complexity index is 419. The molecule has 0 amide bonds. The molecule has 1 rings (SSSR count). The Morgan fingerprint density at radius 2 is 2.12 bits per heavy atom. The summed E-state index contributed by atoms with van der Waals surface area (Å²) >= 11 is 0. The molecule has 17 heavy (non-hydrogen) atoms. The average molecular weight is 248 g/mol. The summed E-state index contributed by atoms with van der Waals surface area (Å²) < 4.78 is 35.9. The van der Waals surface area contributed by atoms with Crippen LogP contribution in [-0.2, 0) is 12.8 Å². The molecule has 0 aliphatic carbocycles. The van der Waals surface area contributed by atoms with Crippen LogP contribution >= 0.6 is 0 Å². The van der Waals surface area contributed by atoms with Gasteiger partial charge in [0.2, 0.25) is 0 Å². The summed E-state index contributed by atoms with van der Waals surface area (Å²) in [4.78, 5) is 18.2. The van der Waals surface area contributed by atoms with Crippen molar-refractivity contribution in [3.05, 3.63) is 23.3 Å². The summed E-state index contributed by atoms with van der Waals surface area (Å²) in [5.41, 5.74) is 0.188. The first-order chi connectivity index (χ1) is 7.83. The van der Waals surface area contributed by atoms with Crippen LogP contribution in [0.15, 0.2) is 6.20 Å². The average Bonchev–Trinajstić information content (AvgIpc) is 2.24. The Morgan fingerprint density at radius 3 is 2.59 bits per heavy atom. The minimum Gasteiger partial charge on any atom is -0.478 e. The van der Waals surface area contributed by atoms with Crippen LogP contribution in [0, 0.1) is 0 Å². The Morgan fingerprint density at radius 1 is 1.47 bits per heavy atom. The standard InChI is InChI=1S/C10H11F3N2O2/c1-2-7-6(9(16)17)5-14-8(15-7)3-4-10(11,12)13/h5H,2-4H2,1H3,(H,16,17). The lowest BCUT2D eigenvalue weighted by atomic mass is 10.2. The van der Waals surface area contributed by atoms with Crippen molar-refractivity contribution in [1.29, 1.82) is 0 Å². The van der Waals surface area contributed by atoms with Crippen molar-refractivity contribution in [2.75, 3.05) is 0 Å². The fraction of sp³-hybridized carbons (Fsp3) is 0.500. The van der Waals surface area contributed by atoms with Gasteiger partial charge in [-0.3, -0.25) is 0 Å². The molecule has 0 atom stereocenters. The number of nitrogens with zero attached hydrogens (tertiary/aromatic N) is 2. The van der Waals surface area contributed by atoms with Crippen LogP contribution in [0.3, 0.4) is 0 Å². The highest BCUT2D eigenvalue weighted by molar-refractivity contribution is 5.88. The Hall–Kier alpha value is -1.66. The van der Waals surface area contributed by atoms with Gasteiger partial charge in [-0.15, -0.1) is 0 Å². The summed E-state index contributed by atoms with van der Waals surface area (Å²) in [6.07, 6.45) is -4.22. The largest absolute Gasteiger partial charge is 0.478 e. The number of aromatic carboxylic acids is 1. The fourth-order valence-electron chi connectivity index (χ4n) is 1.28. The molecule has 0 saturated carbocycles. The molecule has 1 heterocycles. The SMILES string of the molecule is CCc1nc(CCC(F)(F)F)ncc1C(=O)O. The van der Waals surface area contributed by atoms with E-state index in [1.54, 1.807) is 6.92 Å². The van der Waals surface area contributed by atoms with E-state index in [-0.39, 0.29) is 23.5 Å². The third kappa shape index (κ3) is 4.01. The molecule has 0 fully saturated rings. The molecule has 0 spiro atoms. The van der Waals surface area contributed by atoms with E-state index in [9.17, 15) is 18.0 Å². The molecule has 1 aromatic heterocycles. The lowest BCUT2D eigenvalue weighted by Gasteiger charge is -2.07. The minimum absolute atomic E-state index is 0.0178. The van der Waals surface area contributed by atoms with Crippen LogP contribution in [0.25, 0.3) is 0 Å². The number of alkyl halides is 3. The first kappa shape index (κ1) is 13.4. The summed E-state index contributed by atoms with van der Waals surface area (Å²) in [5.74, 6) is -1.16. The highest BCUT2D eigenvalue weighted by Crippen LogP contribution is 2.21. The van der Waals surface area contributed by atoms with Gasteiger partial charge in [0.05, 0.1) is 17.7 Å². The lowest BCUT2D eigenvalue weighted by molar-refractivity contribution is -0.134. The molecule has 0 saturated heterocycles. The van der Waals surface area contributed by atoms with Gasteiger partial charge in [0.25, 0.3) is 0 Å². The minimum atomic E-state index is -4.26. The zero-order valence-electron chi connectivity index (χ0n) is 9.08. The van der Waals surface area contributed by atoms with Crippen molar-refractivity contribution < 1.29 is 23.1 Å². The van der Waals surface area contributed by atoms with E-state index in [1.165, 1.54) is 0 Å². The number of carbonyl (C=O) groups is 1. The Balaban J connectivity index is 2.87. The number of rotatable bonds is 4. The van der Waals surface area contributed by atoms with Crippen molar-refractivity contribution >= 4 is 5.97 Å². The van der Waals surface area contributed by atoms with Gasteiger partial charge < -0.3 is 5.11 Å². The molecule has 4 nitrogen and oxygen atoms in total. The van der Waals surface area contributed by atoms with Crippen LogP contribution in [0.4, 0.5) is 13.2 Å². The number of hydrogen-bond donors (Lipinski definition) is 1. The second-order valence-electron chi connectivity index (χ2n) is 3.42. The van der Waals surface area contributed by atoms with Crippen molar-refractivity contribution in [1.82, 2.24) is 9.97 Å². The Labute approximate surface area is 95.5 Å². The molecular weight excluding hydrogens is 237 g/mol. The number of aryl methyl sites for hydroxylation is 2. The summed E-state index contributed by atoms with van der Waals surface area (Å²) in [5, 5.41) is 8.79. The van der Waals surface area contributed by atoms with Crippen LogP contribution in [0.5, 0.6) is 0 Å². The number of aromatic nitrogens is 2. The highest BCUT2D eigenvalue weighted by Gasteiger charge is 2.27. The normalized spacial score (nSPS) is 11.5. The summed E-state index contributed by atoms with van der Waals surface area (Å²) in [6, 6.07) is 0. The number of hydrogen-bond acceptors (Lipinski definition) is 3. The number of halogens is 3. The zero-order chi connectivity index (χ0) is 13.1. The third-order valence-corrected chi connectivity index (χ3v) is 2.11. The summed E-state index contributed by atoms with van der Waals surface area (Å²) in [7, 11) is 0. The zero-order valence-corrected chi connectivity index (χ0v) is 9.08. The maximum atomic E-state index is 12.0. The predicted octanol–water partition coefficient (Wildman–Crippen LogP) is 2.23. The van der Waals surface area contributed by atoms with Crippen molar-refractivity contribution in [3.63, 3.8) is 0 Å². The second kappa shape index (κ2) is 5.11. The second-order valence-corrected chi connectivity index (χ2v) is 3.42. The van der Waals surface area contributed by atoms with E-state index in [4.69, 9.17) is 5.11 Å². The van der Waals surface area contributed by atoms with E-state index in [0.717, 1.165) is 6.20 Å². The van der Waals surface area contributed by atoms with Gasteiger partial charge in [-0.05, 0) is 6.42 Å². The molecule has 94 valence electrons. The van der Waals surface area contributed by atoms with Gasteiger partial charge in [0, 0.05) is 12.6 Å². The van der Waals surface area contributed by atoms with E-state index in [0.29, 0.717) is 6.42 Å². The third-order valence-electron chi connectivity index (χ3n) is 2.11. The quantitative estimate of drug-likeness (QED) is 0.887. The van der Waals surface area contributed by atoms with Gasteiger partial charge >= 0.3 is 12.1 Å². The number of carboxylic acid groups (broad SMARTS) is 1. The van der Waals surface area contributed by atoms with Crippen LogP contribution in [0.1, 0.15) is 35.2 Å². The maximum absolute atomic E-state index is 12.0. The molecule has 1 N–H and O–H groups in total. The fourth-order valence-corrected chi connectivity index (χ4v) is 1.28. The molecule has 0 unspecified atom stereocenters. The van der Waals surface area contributed by atoms with E-state index < -0.39 is 18.6 Å². The van der Waals surface area contributed by atoms with Gasteiger partial charge in [-0.1, -0.05) is 6.92 Å². The topological polar surface area (TPSA) is 63.1 Å². The van der Waals surface area contributed by atoms with Crippen molar-refractivity contribution in [3.8, 4) is 0 Å². The van der Waals surface area contributed by atoms with Gasteiger partial charge in [0.1, 0.15) is 5.82 Å².